The molecule has 1 aliphatic heterocycles. The van der Waals surface area contributed by atoms with E-state index < -0.39 is 0 Å². The molecule has 3 rings (SSSR count). The van der Waals surface area contributed by atoms with E-state index in [0.717, 1.165) is 12.8 Å². The van der Waals surface area contributed by atoms with E-state index in [1.165, 1.54) is 22.5 Å². The van der Waals surface area contributed by atoms with Crippen LogP contribution in [-0.4, -0.2) is 18.3 Å². The molecule has 126 valence electrons. The van der Waals surface area contributed by atoms with Gasteiger partial charge in [-0.2, -0.15) is 0 Å². The maximum atomic E-state index is 4.82. The molecular formula is C22H28N2. The lowest BCUT2D eigenvalue weighted by molar-refractivity contribution is 0.382. The van der Waals surface area contributed by atoms with Crippen LogP contribution in [0.2, 0.25) is 0 Å². The molecule has 0 radical (unpaired) electrons. The predicted molar refractivity (Wildman–Crippen MR) is 104 cm³/mol. The zero-order chi connectivity index (χ0) is 17.4. The molecule has 2 nitrogen and oxygen atoms in total. The summed E-state index contributed by atoms with van der Waals surface area (Å²) in [4.78, 5) is 7.41. The molecule has 0 aromatic heterocycles. The van der Waals surface area contributed by atoms with Crippen LogP contribution in [0.1, 0.15) is 51.7 Å². The van der Waals surface area contributed by atoms with Gasteiger partial charge in [0, 0.05) is 23.8 Å². The van der Waals surface area contributed by atoms with Crippen LogP contribution < -0.4 is 4.90 Å². The second kappa shape index (κ2) is 6.08. The van der Waals surface area contributed by atoms with Crippen molar-refractivity contribution >= 4 is 11.4 Å². The van der Waals surface area contributed by atoms with Crippen LogP contribution in [-0.2, 0) is 5.54 Å². The van der Waals surface area contributed by atoms with Crippen molar-refractivity contribution in [3.8, 4) is 0 Å². The number of hydrogen-bond acceptors (Lipinski definition) is 2. The number of hydrogen-bond donors (Lipinski definition) is 0. The average molecular weight is 320 g/mol. The highest BCUT2D eigenvalue weighted by Crippen LogP contribution is 2.51. The maximum Gasteiger partial charge on any atom is 0.108 e. The molecular weight excluding hydrogens is 292 g/mol. The number of fused-ring (bicyclic) bond motifs is 1. The van der Waals surface area contributed by atoms with E-state index in [9.17, 15) is 0 Å². The van der Waals surface area contributed by atoms with E-state index in [-0.39, 0.29) is 11.1 Å². The Kier molecular flexibility index (Phi) is 4.25. The summed E-state index contributed by atoms with van der Waals surface area (Å²) >= 11 is 0. The average Bonchev–Trinajstić information content (AvgIpc) is 2.86. The normalized spacial score (nSPS) is 22.0. The number of nitrogens with zero attached hydrogens (tertiary/aromatic N) is 2. The lowest BCUT2D eigenvalue weighted by Gasteiger charge is -2.48. The Balaban J connectivity index is 2.37. The van der Waals surface area contributed by atoms with Gasteiger partial charge in [-0.1, -0.05) is 61.9 Å². The van der Waals surface area contributed by atoms with Gasteiger partial charge in [-0.15, -0.1) is 0 Å². The standard InChI is InChI=1S/C22H28N2/c1-6-16-22(17-12-8-7-9-13-17)20(23-5)18-14-10-11-15-19(18)24(22)21(2,3)4/h7-15H,6,16H2,1-5H3. The highest BCUT2D eigenvalue weighted by Gasteiger charge is 2.52. The van der Waals surface area contributed by atoms with Crippen LogP contribution >= 0.6 is 0 Å². The maximum absolute atomic E-state index is 4.82. The van der Waals surface area contributed by atoms with E-state index in [4.69, 9.17) is 4.99 Å². The molecule has 0 spiro atoms. The molecule has 2 heteroatoms. The first-order chi connectivity index (χ1) is 11.5. The summed E-state index contributed by atoms with van der Waals surface area (Å²) in [5.41, 5.74) is 4.88. The lowest BCUT2D eigenvalue weighted by atomic mass is 9.78. The SMILES string of the molecule is CCCC1(c2ccccc2)C(=NC)c2ccccc2N1C(C)(C)C. The summed E-state index contributed by atoms with van der Waals surface area (Å²) < 4.78 is 0. The van der Waals surface area contributed by atoms with Gasteiger partial charge in [0.05, 0.1) is 5.71 Å². The predicted octanol–water partition coefficient (Wildman–Crippen LogP) is 5.42. The molecule has 1 unspecified atom stereocenters. The Morgan fingerprint density at radius 2 is 1.58 bits per heavy atom. The molecule has 24 heavy (non-hydrogen) atoms. The molecule has 0 fully saturated rings. The van der Waals surface area contributed by atoms with Crippen molar-refractivity contribution < 1.29 is 0 Å². The fourth-order valence-corrected chi connectivity index (χ4v) is 4.36. The molecule has 0 amide bonds. The van der Waals surface area contributed by atoms with Crippen molar-refractivity contribution in [3.63, 3.8) is 0 Å². The number of rotatable bonds is 3. The third-order valence-electron chi connectivity index (χ3n) is 4.93. The number of para-hydroxylation sites is 1. The van der Waals surface area contributed by atoms with Gasteiger partial charge in [0.2, 0.25) is 0 Å². The molecule has 0 bridgehead atoms. The minimum absolute atomic E-state index is 0.00639. The topological polar surface area (TPSA) is 15.6 Å². The fourth-order valence-electron chi connectivity index (χ4n) is 4.36. The number of benzene rings is 2. The van der Waals surface area contributed by atoms with Crippen LogP contribution in [0.25, 0.3) is 0 Å². The van der Waals surface area contributed by atoms with Gasteiger partial charge in [0.1, 0.15) is 5.54 Å². The minimum atomic E-state index is -0.202. The van der Waals surface area contributed by atoms with Gasteiger partial charge in [0.15, 0.2) is 0 Å². The van der Waals surface area contributed by atoms with Crippen LogP contribution in [0, 0.1) is 0 Å². The summed E-state index contributed by atoms with van der Waals surface area (Å²) in [5.74, 6) is 0. The van der Waals surface area contributed by atoms with Crippen molar-refractivity contribution in [2.45, 2.75) is 51.6 Å². The van der Waals surface area contributed by atoms with Gasteiger partial charge in [-0.05, 0) is 38.8 Å². The fraction of sp³-hybridized carbons (Fsp3) is 0.409. The highest BCUT2D eigenvalue weighted by molar-refractivity contribution is 6.17. The third kappa shape index (κ3) is 2.36. The van der Waals surface area contributed by atoms with Crippen molar-refractivity contribution in [1.82, 2.24) is 0 Å². The van der Waals surface area contributed by atoms with Gasteiger partial charge in [-0.3, -0.25) is 4.99 Å². The Morgan fingerprint density at radius 1 is 0.958 bits per heavy atom. The Morgan fingerprint density at radius 3 is 2.17 bits per heavy atom. The Labute approximate surface area is 146 Å². The summed E-state index contributed by atoms with van der Waals surface area (Å²) in [6, 6.07) is 19.6. The third-order valence-corrected chi connectivity index (χ3v) is 4.93. The molecule has 2 aromatic carbocycles. The first-order valence-electron chi connectivity index (χ1n) is 8.89. The monoisotopic (exact) mass is 320 g/mol. The largest absolute Gasteiger partial charge is 0.351 e. The van der Waals surface area contributed by atoms with Gasteiger partial charge < -0.3 is 4.90 Å². The van der Waals surface area contributed by atoms with E-state index in [1.807, 2.05) is 7.05 Å². The van der Waals surface area contributed by atoms with Crippen LogP contribution in [0.15, 0.2) is 59.6 Å². The van der Waals surface area contributed by atoms with Crippen LogP contribution in [0.5, 0.6) is 0 Å². The summed E-state index contributed by atoms with van der Waals surface area (Å²) in [5, 5.41) is 0. The van der Waals surface area contributed by atoms with Crippen molar-refractivity contribution in [1.29, 1.82) is 0 Å². The Hall–Kier alpha value is -2.09. The Bertz CT molecular complexity index is 740. The summed E-state index contributed by atoms with van der Waals surface area (Å²) in [6.45, 7) is 9.17. The van der Waals surface area contributed by atoms with E-state index in [1.54, 1.807) is 0 Å². The quantitative estimate of drug-likeness (QED) is 0.737. The van der Waals surface area contributed by atoms with Crippen LogP contribution in [0.4, 0.5) is 5.69 Å². The zero-order valence-corrected chi connectivity index (χ0v) is 15.5. The van der Waals surface area contributed by atoms with E-state index in [2.05, 4.69) is 87.2 Å². The minimum Gasteiger partial charge on any atom is -0.351 e. The smallest absolute Gasteiger partial charge is 0.108 e. The highest BCUT2D eigenvalue weighted by atomic mass is 15.3. The summed E-state index contributed by atoms with van der Waals surface area (Å²) in [7, 11) is 1.94. The molecule has 0 saturated carbocycles. The molecule has 0 saturated heterocycles. The number of anilines is 1. The van der Waals surface area contributed by atoms with Gasteiger partial charge >= 0.3 is 0 Å². The molecule has 1 heterocycles. The van der Waals surface area contributed by atoms with Crippen LogP contribution in [0.3, 0.4) is 0 Å². The first-order valence-corrected chi connectivity index (χ1v) is 8.89. The van der Waals surface area contributed by atoms with E-state index >= 15 is 0 Å². The molecule has 1 atom stereocenters. The number of aliphatic imine (C=N–C) groups is 1. The molecule has 2 aromatic rings. The van der Waals surface area contributed by atoms with Gasteiger partial charge in [0.25, 0.3) is 0 Å². The second-order valence-electron chi connectivity index (χ2n) is 7.57. The van der Waals surface area contributed by atoms with Crippen molar-refractivity contribution in [3.05, 3.63) is 65.7 Å². The second-order valence-corrected chi connectivity index (χ2v) is 7.57. The molecule has 0 N–H and O–H groups in total. The van der Waals surface area contributed by atoms with Crippen molar-refractivity contribution in [2.75, 3.05) is 11.9 Å². The lowest BCUT2D eigenvalue weighted by Crippen LogP contribution is -2.56. The first kappa shape index (κ1) is 16.8. The van der Waals surface area contributed by atoms with Crippen molar-refractivity contribution in [2.24, 2.45) is 4.99 Å². The van der Waals surface area contributed by atoms with Gasteiger partial charge in [-0.25, -0.2) is 0 Å². The van der Waals surface area contributed by atoms with E-state index in [0.29, 0.717) is 0 Å². The zero-order valence-electron chi connectivity index (χ0n) is 15.5. The molecule has 1 aliphatic rings. The summed E-state index contributed by atoms with van der Waals surface area (Å²) in [6.07, 6.45) is 2.16. The molecule has 0 aliphatic carbocycles.